The molecule has 0 saturated carbocycles. The van der Waals surface area contributed by atoms with Gasteiger partial charge in [-0.1, -0.05) is 60.7 Å². The monoisotopic (exact) mass is 350 g/mol. The van der Waals surface area contributed by atoms with Crippen molar-refractivity contribution in [3.8, 4) is 0 Å². The molecule has 2 aromatic carbocycles. The van der Waals surface area contributed by atoms with Crippen molar-refractivity contribution < 1.29 is 14.7 Å². The highest BCUT2D eigenvalue weighted by molar-refractivity contribution is 5.88. The Labute approximate surface area is 152 Å². The van der Waals surface area contributed by atoms with Crippen LogP contribution < -0.4 is 0 Å². The minimum atomic E-state index is -0.946. The lowest BCUT2D eigenvalue weighted by molar-refractivity contribution is -0.140. The predicted octanol–water partition coefficient (Wildman–Crippen LogP) is 3.04. The van der Waals surface area contributed by atoms with E-state index in [-0.39, 0.29) is 24.2 Å². The molecule has 5 nitrogen and oxygen atoms in total. The second-order valence-electron chi connectivity index (χ2n) is 7.18. The molecule has 134 valence electrons. The molecule has 5 heteroatoms. The minimum Gasteiger partial charge on any atom is -0.465 e. The Balaban J connectivity index is 1.63. The summed E-state index contributed by atoms with van der Waals surface area (Å²) in [6, 6.07) is 19.3. The van der Waals surface area contributed by atoms with Crippen LogP contribution >= 0.6 is 0 Å². The molecule has 0 radical (unpaired) electrons. The molecule has 0 spiro atoms. The molecule has 2 fully saturated rings. The number of carboxylic acid groups (broad SMARTS) is 1. The van der Waals surface area contributed by atoms with Crippen LogP contribution in [-0.2, 0) is 11.3 Å². The van der Waals surface area contributed by atoms with E-state index in [2.05, 4.69) is 17.0 Å². The number of carbonyl (C=O) groups is 2. The molecule has 2 bridgehead atoms. The third-order valence-electron chi connectivity index (χ3n) is 5.47. The second-order valence-corrected chi connectivity index (χ2v) is 7.18. The molecule has 4 rings (SSSR count). The van der Waals surface area contributed by atoms with Crippen LogP contribution in [0, 0.1) is 11.8 Å². The van der Waals surface area contributed by atoms with Gasteiger partial charge in [-0.3, -0.25) is 14.6 Å². The molecule has 1 N–H and O–H groups in total. The fourth-order valence-corrected chi connectivity index (χ4v) is 4.35. The molecule has 2 saturated heterocycles. The van der Waals surface area contributed by atoms with Crippen molar-refractivity contribution in [1.82, 2.24) is 9.80 Å². The van der Waals surface area contributed by atoms with Crippen LogP contribution in [0.15, 0.2) is 60.7 Å². The van der Waals surface area contributed by atoms with E-state index in [4.69, 9.17) is 0 Å². The Morgan fingerprint density at radius 3 is 2.27 bits per heavy atom. The van der Waals surface area contributed by atoms with Gasteiger partial charge in [0.15, 0.2) is 0 Å². The van der Waals surface area contributed by atoms with E-state index in [1.54, 1.807) is 0 Å². The summed E-state index contributed by atoms with van der Waals surface area (Å²) in [6.07, 6.45) is -0.946. The van der Waals surface area contributed by atoms with Crippen LogP contribution in [0.25, 0.3) is 0 Å². The number of nitrogens with zero attached hydrogens (tertiary/aromatic N) is 2. The average molecular weight is 350 g/mol. The SMILES string of the molecule is O=C1C2CN(Cc3ccccc3)CC1C(c1ccccc1)N(C(=O)O)C2. The van der Waals surface area contributed by atoms with Crippen LogP contribution in [0.5, 0.6) is 0 Å². The Morgan fingerprint density at radius 1 is 0.962 bits per heavy atom. The van der Waals surface area contributed by atoms with Gasteiger partial charge < -0.3 is 5.11 Å². The quantitative estimate of drug-likeness (QED) is 0.924. The zero-order valence-electron chi connectivity index (χ0n) is 14.5. The summed E-state index contributed by atoms with van der Waals surface area (Å²) in [6.45, 7) is 2.27. The Morgan fingerprint density at radius 2 is 1.62 bits per heavy atom. The van der Waals surface area contributed by atoms with E-state index in [9.17, 15) is 14.7 Å². The molecule has 0 aromatic heterocycles. The number of benzene rings is 2. The summed E-state index contributed by atoms with van der Waals surface area (Å²) < 4.78 is 0. The fraction of sp³-hybridized carbons (Fsp3) is 0.333. The molecule has 3 unspecified atom stereocenters. The van der Waals surface area contributed by atoms with E-state index in [0.717, 1.165) is 12.1 Å². The first kappa shape index (κ1) is 16.8. The Bertz CT molecular complexity index is 793. The third-order valence-corrected chi connectivity index (χ3v) is 5.47. The molecule has 2 aromatic rings. The largest absolute Gasteiger partial charge is 0.465 e. The van der Waals surface area contributed by atoms with Crippen LogP contribution in [0.1, 0.15) is 17.2 Å². The number of likely N-dealkylation sites (tertiary alicyclic amines) is 2. The molecular weight excluding hydrogens is 328 g/mol. The normalized spacial score (nSPS) is 25.9. The third kappa shape index (κ3) is 3.10. The smallest absolute Gasteiger partial charge is 0.407 e. The van der Waals surface area contributed by atoms with Gasteiger partial charge in [-0.25, -0.2) is 4.79 Å². The van der Waals surface area contributed by atoms with Gasteiger partial charge in [0.25, 0.3) is 0 Å². The Kier molecular flexibility index (Phi) is 4.47. The maximum atomic E-state index is 12.9. The fourth-order valence-electron chi connectivity index (χ4n) is 4.35. The molecule has 26 heavy (non-hydrogen) atoms. The lowest BCUT2D eigenvalue weighted by Gasteiger charge is -2.48. The van der Waals surface area contributed by atoms with Crippen molar-refractivity contribution in [2.45, 2.75) is 12.6 Å². The molecule has 2 heterocycles. The van der Waals surface area contributed by atoms with Crippen molar-refractivity contribution in [1.29, 1.82) is 0 Å². The van der Waals surface area contributed by atoms with Gasteiger partial charge in [0.2, 0.25) is 0 Å². The maximum absolute atomic E-state index is 12.9. The number of carbonyl (C=O) groups excluding carboxylic acids is 1. The summed E-state index contributed by atoms with van der Waals surface area (Å²) in [5.74, 6) is -0.348. The van der Waals surface area contributed by atoms with Crippen LogP contribution in [0.2, 0.25) is 0 Å². The van der Waals surface area contributed by atoms with E-state index < -0.39 is 12.1 Å². The first-order valence-electron chi connectivity index (χ1n) is 8.98. The van der Waals surface area contributed by atoms with E-state index in [0.29, 0.717) is 13.1 Å². The predicted molar refractivity (Wildman–Crippen MR) is 97.6 cm³/mol. The lowest BCUT2D eigenvalue weighted by atomic mass is 9.75. The highest BCUT2D eigenvalue weighted by atomic mass is 16.4. The molecule has 2 aliphatic heterocycles. The molecule has 2 aliphatic rings. The Hall–Kier alpha value is -2.66. The first-order valence-corrected chi connectivity index (χ1v) is 8.98. The summed E-state index contributed by atoms with van der Waals surface area (Å²) in [4.78, 5) is 28.5. The number of hydrogen-bond acceptors (Lipinski definition) is 3. The molecule has 3 atom stereocenters. The average Bonchev–Trinajstić information content (AvgIpc) is 2.64. The van der Waals surface area contributed by atoms with Crippen LogP contribution in [-0.4, -0.2) is 46.4 Å². The van der Waals surface area contributed by atoms with Crippen molar-refractivity contribution in [3.05, 3.63) is 71.8 Å². The number of hydrogen-bond donors (Lipinski definition) is 1. The minimum absolute atomic E-state index is 0.209. The zero-order valence-corrected chi connectivity index (χ0v) is 14.5. The standard InChI is InChI=1S/C21H22N2O3/c24-20-17-12-22(11-15-7-3-1-4-8-15)14-18(20)19(23(13-17)21(25)26)16-9-5-2-6-10-16/h1-10,17-19H,11-14H2,(H,25,26). The number of piperidine rings is 2. The van der Waals surface area contributed by atoms with Gasteiger partial charge >= 0.3 is 6.09 Å². The van der Waals surface area contributed by atoms with E-state index in [1.807, 2.05) is 48.5 Å². The second kappa shape index (κ2) is 6.92. The van der Waals surface area contributed by atoms with Crippen LogP contribution in [0.3, 0.4) is 0 Å². The summed E-state index contributed by atoms with van der Waals surface area (Å²) in [7, 11) is 0. The number of ketones is 1. The number of Topliss-reactive ketones (excluding diaryl/α,β-unsaturated/α-hetero) is 1. The summed E-state index contributed by atoms with van der Waals surface area (Å²) in [5, 5.41) is 9.71. The van der Waals surface area contributed by atoms with Crippen molar-refractivity contribution in [2.75, 3.05) is 19.6 Å². The highest BCUT2D eigenvalue weighted by Gasteiger charge is 2.49. The van der Waals surface area contributed by atoms with Crippen molar-refractivity contribution >= 4 is 11.9 Å². The summed E-state index contributed by atoms with van der Waals surface area (Å²) >= 11 is 0. The first-order chi connectivity index (χ1) is 12.6. The highest BCUT2D eigenvalue weighted by Crippen LogP contribution is 2.40. The number of rotatable bonds is 3. The zero-order chi connectivity index (χ0) is 18.1. The van der Waals surface area contributed by atoms with E-state index in [1.165, 1.54) is 10.5 Å². The van der Waals surface area contributed by atoms with Gasteiger partial charge in [0, 0.05) is 32.1 Å². The van der Waals surface area contributed by atoms with Gasteiger partial charge in [-0.15, -0.1) is 0 Å². The molecule has 0 aliphatic carbocycles. The summed E-state index contributed by atoms with van der Waals surface area (Å²) in [5.41, 5.74) is 2.11. The van der Waals surface area contributed by atoms with E-state index >= 15 is 0 Å². The van der Waals surface area contributed by atoms with Gasteiger partial charge in [0.05, 0.1) is 12.0 Å². The van der Waals surface area contributed by atoms with Crippen molar-refractivity contribution in [3.63, 3.8) is 0 Å². The van der Waals surface area contributed by atoms with Crippen molar-refractivity contribution in [2.24, 2.45) is 11.8 Å². The molecular formula is C21H22N2O3. The van der Waals surface area contributed by atoms with Gasteiger partial charge in [-0.2, -0.15) is 0 Å². The molecule has 1 amide bonds. The van der Waals surface area contributed by atoms with Gasteiger partial charge in [0.1, 0.15) is 5.78 Å². The van der Waals surface area contributed by atoms with Crippen LogP contribution in [0.4, 0.5) is 4.79 Å². The topological polar surface area (TPSA) is 60.9 Å². The number of amides is 1. The maximum Gasteiger partial charge on any atom is 0.407 e. The number of fused-ring (bicyclic) bond motifs is 2. The lowest BCUT2D eigenvalue weighted by Crippen LogP contribution is -2.60. The van der Waals surface area contributed by atoms with Gasteiger partial charge in [-0.05, 0) is 11.1 Å².